The van der Waals surface area contributed by atoms with E-state index in [2.05, 4.69) is 5.32 Å². The molecule has 0 unspecified atom stereocenters. The molecule has 0 saturated carbocycles. The first kappa shape index (κ1) is 19.9. The highest BCUT2D eigenvalue weighted by Crippen LogP contribution is 2.30. The maximum Gasteiger partial charge on any atom is 0.243 e. The highest BCUT2D eigenvalue weighted by atomic mass is 35.5. The van der Waals surface area contributed by atoms with Crippen LogP contribution < -0.4 is 10.1 Å². The van der Waals surface area contributed by atoms with E-state index in [1.54, 1.807) is 12.1 Å². The Hall–Kier alpha value is -1.87. The predicted molar refractivity (Wildman–Crippen MR) is 101 cm³/mol. The maximum absolute atomic E-state index is 14.0. The Morgan fingerprint density at radius 1 is 1.26 bits per heavy atom. The molecule has 0 bridgehead atoms. The summed E-state index contributed by atoms with van der Waals surface area (Å²) in [4.78, 5) is 0.132. The summed E-state index contributed by atoms with van der Waals surface area (Å²) in [5.41, 5.74) is 0.730. The van der Waals surface area contributed by atoms with Crippen molar-refractivity contribution in [1.29, 1.82) is 0 Å². The number of benzene rings is 2. The molecule has 1 heterocycles. The predicted octanol–water partition coefficient (Wildman–Crippen LogP) is 3.12. The van der Waals surface area contributed by atoms with E-state index in [0.717, 1.165) is 0 Å². The number of hydrogen-bond donors (Lipinski definition) is 1. The fraction of sp³-hybridized carbons (Fsp3) is 0.333. The number of methoxy groups -OCH3 is 1. The zero-order valence-corrected chi connectivity index (χ0v) is 16.3. The van der Waals surface area contributed by atoms with Crippen LogP contribution in [-0.2, 0) is 21.3 Å². The lowest BCUT2D eigenvalue weighted by Crippen LogP contribution is -2.40. The van der Waals surface area contributed by atoms with E-state index < -0.39 is 15.8 Å². The molecule has 1 aliphatic rings. The number of rotatable bonds is 6. The van der Waals surface area contributed by atoms with E-state index in [1.807, 2.05) is 0 Å². The van der Waals surface area contributed by atoms with Crippen molar-refractivity contribution in [2.45, 2.75) is 11.4 Å². The second kappa shape index (κ2) is 8.43. The van der Waals surface area contributed by atoms with Crippen molar-refractivity contribution in [1.82, 2.24) is 4.31 Å². The van der Waals surface area contributed by atoms with Gasteiger partial charge < -0.3 is 14.8 Å². The van der Waals surface area contributed by atoms with Crippen molar-refractivity contribution in [2.75, 3.05) is 38.7 Å². The van der Waals surface area contributed by atoms with Crippen LogP contribution >= 0.6 is 11.6 Å². The number of nitrogens with one attached hydrogen (secondary N) is 1. The molecule has 0 radical (unpaired) electrons. The Labute approximate surface area is 162 Å². The molecule has 1 fully saturated rings. The molecule has 146 valence electrons. The van der Waals surface area contributed by atoms with Gasteiger partial charge in [0.2, 0.25) is 10.0 Å². The molecule has 27 heavy (non-hydrogen) atoms. The Morgan fingerprint density at radius 2 is 2.00 bits per heavy atom. The van der Waals surface area contributed by atoms with Crippen LogP contribution in [0.3, 0.4) is 0 Å². The topological polar surface area (TPSA) is 67.9 Å². The Morgan fingerprint density at radius 3 is 2.67 bits per heavy atom. The van der Waals surface area contributed by atoms with Crippen molar-refractivity contribution in [2.24, 2.45) is 0 Å². The molecule has 2 aromatic rings. The Bertz CT molecular complexity index is 897. The van der Waals surface area contributed by atoms with Crippen LogP contribution in [-0.4, -0.2) is 46.1 Å². The molecule has 0 aliphatic carbocycles. The molecule has 1 aliphatic heterocycles. The molecule has 0 aromatic heterocycles. The molecule has 6 nitrogen and oxygen atoms in total. The second-order valence-electron chi connectivity index (χ2n) is 5.93. The summed E-state index contributed by atoms with van der Waals surface area (Å²) in [6.45, 7) is 1.44. The number of nitrogens with zero attached hydrogens (tertiary/aromatic N) is 1. The van der Waals surface area contributed by atoms with E-state index in [9.17, 15) is 12.8 Å². The van der Waals surface area contributed by atoms with Gasteiger partial charge in [-0.1, -0.05) is 17.7 Å². The first-order chi connectivity index (χ1) is 12.9. The van der Waals surface area contributed by atoms with E-state index in [0.29, 0.717) is 48.3 Å². The van der Waals surface area contributed by atoms with Gasteiger partial charge in [0.05, 0.1) is 30.9 Å². The molecule has 3 rings (SSSR count). The van der Waals surface area contributed by atoms with Crippen molar-refractivity contribution >= 4 is 27.3 Å². The molecule has 0 spiro atoms. The average Bonchev–Trinajstić information content (AvgIpc) is 2.68. The molecular formula is C18H20ClFN2O4S. The van der Waals surface area contributed by atoms with Gasteiger partial charge in [-0.15, -0.1) is 0 Å². The zero-order chi connectivity index (χ0) is 19.4. The second-order valence-corrected chi connectivity index (χ2v) is 8.28. The lowest BCUT2D eigenvalue weighted by atomic mass is 10.2. The van der Waals surface area contributed by atoms with Gasteiger partial charge in [0.15, 0.2) is 0 Å². The SMILES string of the molecule is COc1ccc(S(=O)(=O)N2CCOCC2)cc1NCc1c(F)cccc1Cl. The van der Waals surface area contributed by atoms with Gasteiger partial charge in [0.1, 0.15) is 11.6 Å². The lowest BCUT2D eigenvalue weighted by molar-refractivity contribution is 0.0730. The van der Waals surface area contributed by atoms with E-state index in [1.165, 1.54) is 35.7 Å². The van der Waals surface area contributed by atoms with Gasteiger partial charge in [-0.25, -0.2) is 12.8 Å². The first-order valence-corrected chi connectivity index (χ1v) is 10.2. The lowest BCUT2D eigenvalue weighted by Gasteiger charge is -2.26. The first-order valence-electron chi connectivity index (χ1n) is 8.36. The monoisotopic (exact) mass is 414 g/mol. The van der Waals surface area contributed by atoms with Crippen LogP contribution in [0.1, 0.15) is 5.56 Å². The van der Waals surface area contributed by atoms with Crippen molar-refractivity contribution in [3.05, 3.63) is 52.8 Å². The standard InChI is InChI=1S/C18H20ClFN2O4S/c1-25-18-6-5-13(27(23,24)22-7-9-26-10-8-22)11-17(18)21-12-14-15(19)3-2-4-16(14)20/h2-6,11,21H,7-10,12H2,1H3. The quantitative estimate of drug-likeness (QED) is 0.786. The number of sulfonamides is 1. The number of morpholine rings is 1. The summed E-state index contributed by atoms with van der Waals surface area (Å²) in [5, 5.41) is 3.31. The van der Waals surface area contributed by atoms with Gasteiger partial charge >= 0.3 is 0 Å². The summed E-state index contributed by atoms with van der Waals surface area (Å²) in [7, 11) is -2.17. The van der Waals surface area contributed by atoms with Gasteiger partial charge in [0, 0.05) is 30.2 Å². The summed E-state index contributed by atoms with van der Waals surface area (Å²) < 4.78 is 51.6. The highest BCUT2D eigenvalue weighted by molar-refractivity contribution is 7.89. The van der Waals surface area contributed by atoms with Crippen molar-refractivity contribution < 1.29 is 22.3 Å². The van der Waals surface area contributed by atoms with E-state index in [4.69, 9.17) is 21.1 Å². The Kier molecular flexibility index (Phi) is 6.21. The summed E-state index contributed by atoms with van der Waals surface area (Å²) >= 11 is 6.05. The zero-order valence-electron chi connectivity index (χ0n) is 14.7. The van der Waals surface area contributed by atoms with Gasteiger partial charge in [-0.2, -0.15) is 4.31 Å². The van der Waals surface area contributed by atoms with Gasteiger partial charge in [-0.05, 0) is 30.3 Å². The molecule has 1 N–H and O–H groups in total. The summed E-state index contributed by atoms with van der Waals surface area (Å²) in [5.74, 6) is 0.00875. The maximum atomic E-state index is 14.0. The minimum atomic E-state index is -3.65. The smallest absolute Gasteiger partial charge is 0.243 e. The van der Waals surface area contributed by atoms with E-state index >= 15 is 0 Å². The number of halogens is 2. The fourth-order valence-electron chi connectivity index (χ4n) is 2.81. The number of anilines is 1. The van der Waals surface area contributed by atoms with Crippen LogP contribution in [0.2, 0.25) is 5.02 Å². The van der Waals surface area contributed by atoms with E-state index in [-0.39, 0.29) is 11.4 Å². The fourth-order valence-corrected chi connectivity index (χ4v) is 4.47. The third kappa shape index (κ3) is 4.35. The van der Waals surface area contributed by atoms with Crippen LogP contribution in [0.25, 0.3) is 0 Å². The largest absolute Gasteiger partial charge is 0.495 e. The number of ether oxygens (including phenoxy) is 2. The third-order valence-electron chi connectivity index (χ3n) is 4.30. The van der Waals surface area contributed by atoms with Crippen LogP contribution in [0.4, 0.5) is 10.1 Å². The van der Waals surface area contributed by atoms with Crippen LogP contribution in [0, 0.1) is 5.82 Å². The highest BCUT2D eigenvalue weighted by Gasteiger charge is 2.27. The van der Waals surface area contributed by atoms with Crippen LogP contribution in [0.15, 0.2) is 41.3 Å². The van der Waals surface area contributed by atoms with Gasteiger partial charge in [0.25, 0.3) is 0 Å². The number of hydrogen-bond acceptors (Lipinski definition) is 5. The normalized spacial score (nSPS) is 15.5. The summed E-state index contributed by atoms with van der Waals surface area (Å²) in [6, 6.07) is 8.98. The molecule has 0 atom stereocenters. The average molecular weight is 415 g/mol. The van der Waals surface area contributed by atoms with Crippen molar-refractivity contribution in [3.8, 4) is 5.75 Å². The Balaban J connectivity index is 1.87. The molecule has 2 aromatic carbocycles. The molecular weight excluding hydrogens is 395 g/mol. The third-order valence-corrected chi connectivity index (χ3v) is 6.54. The van der Waals surface area contributed by atoms with Crippen molar-refractivity contribution in [3.63, 3.8) is 0 Å². The van der Waals surface area contributed by atoms with Gasteiger partial charge in [-0.3, -0.25) is 0 Å². The minimum absolute atomic E-state index is 0.0862. The minimum Gasteiger partial charge on any atom is -0.495 e. The van der Waals surface area contributed by atoms with Crippen LogP contribution in [0.5, 0.6) is 5.75 Å². The summed E-state index contributed by atoms with van der Waals surface area (Å²) in [6.07, 6.45) is 0. The molecule has 0 amide bonds. The molecule has 9 heteroatoms. The molecule has 1 saturated heterocycles.